The second kappa shape index (κ2) is 13.4. The molecule has 2 heterocycles. The zero-order chi connectivity index (χ0) is 29.5. The predicted octanol–water partition coefficient (Wildman–Crippen LogP) is 5.50. The molecule has 1 amide bonds. The summed E-state index contributed by atoms with van der Waals surface area (Å²) >= 11 is 6.12. The summed E-state index contributed by atoms with van der Waals surface area (Å²) in [6.07, 6.45) is 5.49. The minimum absolute atomic E-state index is 0.0624. The highest BCUT2D eigenvalue weighted by molar-refractivity contribution is 6.33. The van der Waals surface area contributed by atoms with Gasteiger partial charge in [-0.1, -0.05) is 55.8 Å². The SMILES string of the molecule is Cc1cnc(Nc2ccc(F)cc2Cl)nc1-n1ccc(C(=O)NC(COC(=O)C(N)CC(C)C)c2ccccc2)c1. The van der Waals surface area contributed by atoms with Crippen LogP contribution in [0.1, 0.15) is 47.8 Å². The zero-order valence-electron chi connectivity index (χ0n) is 23.0. The summed E-state index contributed by atoms with van der Waals surface area (Å²) in [4.78, 5) is 34.5. The fourth-order valence-electron chi connectivity index (χ4n) is 4.15. The Morgan fingerprint density at radius 3 is 2.61 bits per heavy atom. The second-order valence-electron chi connectivity index (χ2n) is 10.1. The van der Waals surface area contributed by atoms with E-state index >= 15 is 0 Å². The van der Waals surface area contributed by atoms with Gasteiger partial charge in [0.1, 0.15) is 24.3 Å². The van der Waals surface area contributed by atoms with Gasteiger partial charge in [0.2, 0.25) is 5.95 Å². The Balaban J connectivity index is 1.49. The van der Waals surface area contributed by atoms with E-state index in [2.05, 4.69) is 20.6 Å². The van der Waals surface area contributed by atoms with Crippen molar-refractivity contribution in [3.8, 4) is 5.82 Å². The lowest BCUT2D eigenvalue weighted by molar-refractivity contribution is -0.146. The molecule has 0 fully saturated rings. The van der Waals surface area contributed by atoms with E-state index in [1.807, 2.05) is 51.1 Å². The van der Waals surface area contributed by atoms with Gasteiger partial charge >= 0.3 is 5.97 Å². The maximum absolute atomic E-state index is 13.4. The molecule has 2 atom stereocenters. The highest BCUT2D eigenvalue weighted by Gasteiger charge is 2.22. The Kier molecular flexibility index (Phi) is 9.69. The number of nitrogens with zero attached hydrogens (tertiary/aromatic N) is 3. The van der Waals surface area contributed by atoms with Crippen molar-refractivity contribution in [1.29, 1.82) is 0 Å². The Bertz CT molecular complexity index is 1510. The topological polar surface area (TPSA) is 124 Å². The molecule has 214 valence electrons. The summed E-state index contributed by atoms with van der Waals surface area (Å²) in [6, 6.07) is 13.6. The number of carbonyl (C=O) groups excluding carboxylic acids is 2. The molecule has 41 heavy (non-hydrogen) atoms. The quantitative estimate of drug-likeness (QED) is 0.201. The molecule has 0 saturated heterocycles. The minimum Gasteiger partial charge on any atom is -0.462 e. The maximum atomic E-state index is 13.4. The Morgan fingerprint density at radius 2 is 1.90 bits per heavy atom. The molecule has 9 nitrogen and oxygen atoms in total. The lowest BCUT2D eigenvalue weighted by Gasteiger charge is -2.20. The average molecular weight is 579 g/mol. The van der Waals surface area contributed by atoms with Crippen molar-refractivity contribution in [1.82, 2.24) is 19.9 Å². The van der Waals surface area contributed by atoms with Gasteiger partial charge in [0.15, 0.2) is 0 Å². The number of nitrogens with two attached hydrogens (primary N) is 1. The molecule has 0 saturated carbocycles. The fraction of sp³-hybridized carbons (Fsp3) is 0.267. The van der Waals surface area contributed by atoms with Crippen LogP contribution in [0.3, 0.4) is 0 Å². The summed E-state index contributed by atoms with van der Waals surface area (Å²) in [5.74, 6) is -0.286. The highest BCUT2D eigenvalue weighted by atomic mass is 35.5. The number of nitrogens with one attached hydrogen (secondary N) is 2. The van der Waals surface area contributed by atoms with Gasteiger partial charge in [0, 0.05) is 24.2 Å². The number of amides is 1. The first kappa shape index (κ1) is 29.7. The van der Waals surface area contributed by atoms with Crippen LogP contribution in [0, 0.1) is 18.7 Å². The third-order valence-electron chi connectivity index (χ3n) is 6.25. The van der Waals surface area contributed by atoms with Crippen molar-refractivity contribution in [2.24, 2.45) is 11.7 Å². The van der Waals surface area contributed by atoms with Crippen LogP contribution in [0.5, 0.6) is 0 Å². The molecular formula is C30H32ClFN6O3. The Morgan fingerprint density at radius 1 is 1.15 bits per heavy atom. The molecule has 2 aromatic carbocycles. The van der Waals surface area contributed by atoms with Crippen LogP contribution >= 0.6 is 11.6 Å². The number of halogens is 2. The van der Waals surface area contributed by atoms with E-state index in [0.717, 1.165) is 11.1 Å². The number of rotatable bonds is 11. The molecule has 4 rings (SSSR count). The van der Waals surface area contributed by atoms with E-state index in [9.17, 15) is 14.0 Å². The van der Waals surface area contributed by atoms with E-state index in [4.69, 9.17) is 22.1 Å². The van der Waals surface area contributed by atoms with Gasteiger partial charge in [0.25, 0.3) is 5.91 Å². The molecule has 0 spiro atoms. The van der Waals surface area contributed by atoms with E-state index in [-0.39, 0.29) is 29.4 Å². The molecular weight excluding hydrogens is 547 g/mol. The number of benzene rings is 2. The summed E-state index contributed by atoms with van der Waals surface area (Å²) < 4.78 is 20.6. The van der Waals surface area contributed by atoms with E-state index in [1.54, 1.807) is 29.2 Å². The average Bonchev–Trinajstić information content (AvgIpc) is 3.43. The van der Waals surface area contributed by atoms with Gasteiger partial charge in [-0.2, -0.15) is 4.98 Å². The number of ether oxygens (including phenoxy) is 1. The molecule has 0 aliphatic heterocycles. The molecule has 0 radical (unpaired) electrons. The third kappa shape index (κ3) is 7.90. The molecule has 2 unspecified atom stereocenters. The van der Waals surface area contributed by atoms with Crippen LogP contribution in [-0.4, -0.2) is 39.1 Å². The largest absolute Gasteiger partial charge is 0.462 e. The normalized spacial score (nSPS) is 12.6. The van der Waals surface area contributed by atoms with Crippen molar-refractivity contribution in [2.45, 2.75) is 39.3 Å². The lowest BCUT2D eigenvalue weighted by atomic mass is 10.0. The molecule has 4 N–H and O–H groups in total. The van der Waals surface area contributed by atoms with Gasteiger partial charge in [-0.3, -0.25) is 9.59 Å². The van der Waals surface area contributed by atoms with Crippen molar-refractivity contribution >= 4 is 35.1 Å². The number of hydrogen-bond acceptors (Lipinski definition) is 7. The summed E-state index contributed by atoms with van der Waals surface area (Å²) in [7, 11) is 0. The van der Waals surface area contributed by atoms with E-state index < -0.39 is 23.9 Å². The van der Waals surface area contributed by atoms with Gasteiger partial charge in [0.05, 0.1) is 22.3 Å². The molecule has 4 aromatic rings. The second-order valence-corrected chi connectivity index (χ2v) is 10.5. The number of anilines is 2. The van der Waals surface area contributed by atoms with Crippen LogP contribution in [0.2, 0.25) is 5.02 Å². The number of aryl methyl sites for hydroxylation is 1. The smallest absolute Gasteiger partial charge is 0.323 e. The van der Waals surface area contributed by atoms with Crippen LogP contribution in [0.25, 0.3) is 5.82 Å². The lowest BCUT2D eigenvalue weighted by Crippen LogP contribution is -2.37. The van der Waals surface area contributed by atoms with Gasteiger partial charge < -0.3 is 25.7 Å². The van der Waals surface area contributed by atoms with Crippen LogP contribution in [0.15, 0.2) is 73.2 Å². The zero-order valence-corrected chi connectivity index (χ0v) is 23.7. The number of esters is 1. The van der Waals surface area contributed by atoms with E-state index in [1.165, 1.54) is 18.2 Å². The van der Waals surface area contributed by atoms with Crippen molar-refractivity contribution < 1.29 is 18.7 Å². The molecule has 0 bridgehead atoms. The first-order chi connectivity index (χ1) is 19.6. The summed E-state index contributed by atoms with van der Waals surface area (Å²) in [6.45, 7) is 5.74. The first-order valence-corrected chi connectivity index (χ1v) is 13.5. The van der Waals surface area contributed by atoms with Crippen molar-refractivity contribution in [2.75, 3.05) is 11.9 Å². The fourth-order valence-corrected chi connectivity index (χ4v) is 4.37. The van der Waals surface area contributed by atoms with Crippen LogP contribution in [-0.2, 0) is 9.53 Å². The van der Waals surface area contributed by atoms with Gasteiger partial charge in [-0.15, -0.1) is 0 Å². The molecule has 0 aliphatic carbocycles. The highest BCUT2D eigenvalue weighted by Crippen LogP contribution is 2.25. The summed E-state index contributed by atoms with van der Waals surface area (Å²) in [5, 5.41) is 6.14. The van der Waals surface area contributed by atoms with Crippen molar-refractivity contribution in [3.63, 3.8) is 0 Å². The molecule has 0 aliphatic rings. The third-order valence-corrected chi connectivity index (χ3v) is 6.56. The molecule has 2 aromatic heterocycles. The first-order valence-electron chi connectivity index (χ1n) is 13.1. The number of hydrogen-bond donors (Lipinski definition) is 3. The summed E-state index contributed by atoms with van der Waals surface area (Å²) in [5.41, 5.74) is 8.35. The van der Waals surface area contributed by atoms with Crippen LogP contribution in [0.4, 0.5) is 16.0 Å². The standard InChI is InChI=1S/C30H32ClFN6O3/c1-18(2)13-24(33)29(40)41-17-26(20-7-5-4-6-8-20)35-28(39)21-11-12-38(16-21)27-19(3)15-34-30(37-27)36-25-10-9-22(32)14-23(25)31/h4-12,14-16,18,24,26H,13,17,33H2,1-3H3,(H,35,39)(H,34,36,37). The Labute approximate surface area is 242 Å². The maximum Gasteiger partial charge on any atom is 0.323 e. The predicted molar refractivity (Wildman–Crippen MR) is 156 cm³/mol. The van der Waals surface area contributed by atoms with Gasteiger partial charge in [-0.05, 0) is 49.1 Å². The Hall–Kier alpha value is -4.28. The number of carbonyl (C=O) groups is 2. The minimum atomic E-state index is -0.731. The van der Waals surface area contributed by atoms with Gasteiger partial charge in [-0.25, -0.2) is 9.37 Å². The van der Waals surface area contributed by atoms with E-state index in [0.29, 0.717) is 23.5 Å². The van der Waals surface area contributed by atoms with Crippen LogP contribution < -0.4 is 16.4 Å². The van der Waals surface area contributed by atoms with Crippen molar-refractivity contribution in [3.05, 3.63) is 101 Å². The monoisotopic (exact) mass is 578 g/mol. The number of aromatic nitrogens is 3. The molecule has 11 heteroatoms.